The Labute approximate surface area is 735 Å². The Morgan fingerprint density at radius 1 is 0.383 bits per heavy atom. The van der Waals surface area contributed by atoms with E-state index in [4.69, 9.17) is 26.5 Å². The number of hydrogen-bond acceptors (Lipinski definition) is 13. The minimum absolute atomic E-state index is 0. The van der Waals surface area contributed by atoms with Gasteiger partial charge in [0.2, 0.25) is 33.4 Å². The average molecular weight is 1660 g/mol. The molecule has 672 valence electrons. The minimum atomic E-state index is -1.02. The quantitative estimate of drug-likeness (QED) is 0.0180. The molecule has 0 saturated heterocycles. The van der Waals surface area contributed by atoms with Crippen LogP contribution >= 0.6 is 0 Å². The Morgan fingerprint density at radius 3 is 0.858 bits per heavy atom. The summed E-state index contributed by atoms with van der Waals surface area (Å²) < 4.78 is 0. The summed E-state index contributed by atoms with van der Waals surface area (Å²) >= 11 is 0. The second-order valence-corrected chi connectivity index (χ2v) is 38.5. The fourth-order valence-electron chi connectivity index (χ4n) is 12.8. The van der Waals surface area contributed by atoms with Gasteiger partial charge in [0, 0.05) is 104 Å². The van der Waals surface area contributed by atoms with Crippen molar-refractivity contribution in [1.82, 2.24) is 36.0 Å². The van der Waals surface area contributed by atoms with E-state index < -0.39 is 35.2 Å². The molecular formula is C99H168B2N12O7. The van der Waals surface area contributed by atoms with Gasteiger partial charge in [-0.3, -0.25) is 28.9 Å². The average Bonchev–Trinajstić information content (AvgIpc) is 0.854. The topological polar surface area (TPSA) is 219 Å². The first-order valence-corrected chi connectivity index (χ1v) is 43.1. The molecule has 0 aliphatic rings. The number of allylic oxidation sites excluding steroid dienone is 5. The molecule has 4 atom stereocenters. The predicted molar refractivity (Wildman–Crippen MR) is 520 cm³/mol. The monoisotopic (exact) mass is 1660 g/mol. The van der Waals surface area contributed by atoms with E-state index in [9.17, 15) is 28.8 Å². The molecule has 0 aliphatic carbocycles. The van der Waals surface area contributed by atoms with E-state index in [1.54, 1.807) is 7.05 Å². The number of rotatable bonds is 41. The van der Waals surface area contributed by atoms with Crippen LogP contribution in [-0.4, -0.2) is 204 Å². The fraction of sp³-hybridized carbons (Fsp3) is 0.596. The van der Waals surface area contributed by atoms with E-state index >= 15 is 0 Å². The van der Waals surface area contributed by atoms with Crippen molar-refractivity contribution in [2.24, 2.45) is 29.4 Å². The maximum atomic E-state index is 13.4. The van der Waals surface area contributed by atoms with Crippen LogP contribution in [0.15, 0.2) is 155 Å². The molecule has 0 aliphatic heterocycles. The highest BCUT2D eigenvalue weighted by Crippen LogP contribution is 2.26. The number of anilines is 4. The summed E-state index contributed by atoms with van der Waals surface area (Å²) in [5, 5.41) is 21.7. The normalized spacial score (nSPS) is 12.3. The van der Waals surface area contributed by atoms with E-state index in [0.29, 0.717) is 31.2 Å². The van der Waals surface area contributed by atoms with E-state index in [1.807, 2.05) is 55.6 Å². The first-order valence-electron chi connectivity index (χ1n) is 43.1. The zero-order valence-electron chi connectivity index (χ0n) is 81.2. The number of amides is 5. The Kier molecular flexibility index (Phi) is 51.0. The van der Waals surface area contributed by atoms with Gasteiger partial charge in [0.1, 0.15) is 12.1 Å². The molecule has 0 spiro atoms. The van der Waals surface area contributed by atoms with Crippen LogP contribution in [0.2, 0.25) is 0 Å². The van der Waals surface area contributed by atoms with Gasteiger partial charge in [-0.15, -0.1) is 0 Å². The van der Waals surface area contributed by atoms with Crippen molar-refractivity contribution in [1.29, 1.82) is 0 Å². The number of hydrogen-bond donors (Lipinski definition) is 6. The minimum Gasteiger partial charge on any atom is -0.480 e. The summed E-state index contributed by atoms with van der Waals surface area (Å²) in [6.07, 6.45) is 13.7. The number of benzene rings is 4. The van der Waals surface area contributed by atoms with Crippen LogP contribution in [0.1, 0.15) is 231 Å². The lowest BCUT2D eigenvalue weighted by atomic mass is 9.97. The van der Waals surface area contributed by atoms with Gasteiger partial charge in [0.25, 0.3) is 0 Å². The molecule has 0 unspecified atom stereocenters. The molecule has 4 rings (SSSR count). The molecule has 4 aromatic carbocycles. The van der Waals surface area contributed by atoms with Gasteiger partial charge in [0.15, 0.2) is 11.6 Å². The molecule has 0 fully saturated rings. The lowest BCUT2D eigenvalue weighted by Crippen LogP contribution is -2.57. The summed E-state index contributed by atoms with van der Waals surface area (Å²) in [7, 11) is 17.3. The lowest BCUT2D eigenvalue weighted by molar-refractivity contribution is -0.142. The highest BCUT2D eigenvalue weighted by atomic mass is 16.4. The first kappa shape index (κ1) is 112. The maximum Gasteiger partial charge on any atom is 0.326 e. The molecule has 120 heavy (non-hydrogen) atoms. The number of carboxylic acids is 1. The van der Waals surface area contributed by atoms with Crippen LogP contribution in [0.3, 0.4) is 0 Å². The van der Waals surface area contributed by atoms with Crippen LogP contribution in [-0.2, 0) is 19.2 Å². The van der Waals surface area contributed by atoms with Crippen molar-refractivity contribution in [3.05, 3.63) is 178 Å². The van der Waals surface area contributed by atoms with Gasteiger partial charge in [-0.05, 0) is 264 Å². The van der Waals surface area contributed by atoms with E-state index in [2.05, 4.69) is 339 Å². The number of nitrogens with one attached hydrogen (secondary N) is 4. The van der Waals surface area contributed by atoms with Crippen molar-refractivity contribution in [3.63, 3.8) is 0 Å². The smallest absolute Gasteiger partial charge is 0.326 e. The number of aryl methyl sites for hydroxylation is 4. The van der Waals surface area contributed by atoms with Gasteiger partial charge in [-0.1, -0.05) is 184 Å². The van der Waals surface area contributed by atoms with E-state index in [0.717, 1.165) is 75.8 Å². The number of carbonyl (C=O) groups is 6. The number of aliphatic carboxylic acids is 1. The molecule has 21 heteroatoms. The first-order chi connectivity index (χ1) is 55.3. The Bertz CT molecular complexity index is 3850. The number of carbonyl (C=O) groups excluding carboxylic acids is 5. The summed E-state index contributed by atoms with van der Waals surface area (Å²) in [5.41, 5.74) is 20.8. The highest BCUT2D eigenvalue weighted by Gasteiger charge is 2.34. The molecule has 0 aromatic heterocycles. The Balaban J connectivity index is -0.00000149. The molecular weight excluding hydrogens is 1490 g/mol. The summed E-state index contributed by atoms with van der Waals surface area (Å²) in [4.78, 5) is 86.1. The van der Waals surface area contributed by atoms with Gasteiger partial charge in [-0.2, -0.15) is 0 Å². The fourth-order valence-corrected chi connectivity index (χ4v) is 12.8. The summed E-state index contributed by atoms with van der Waals surface area (Å²) in [5.74, 6) is -0.942. The molecule has 0 saturated carbocycles. The molecule has 19 nitrogen and oxygen atoms in total. The summed E-state index contributed by atoms with van der Waals surface area (Å²) in [6, 6.07) is 32.5. The Morgan fingerprint density at radius 2 is 0.617 bits per heavy atom. The van der Waals surface area contributed by atoms with Crippen LogP contribution in [0, 0.1) is 51.4 Å². The second kappa shape index (κ2) is 54.9. The number of likely N-dealkylation sites (N-methyl/N-ethyl adjacent to an activating group) is 4. The Hall–Kier alpha value is -8.39. The molecule has 0 heterocycles. The molecule has 4 aromatic rings. The van der Waals surface area contributed by atoms with Crippen LogP contribution in [0.25, 0.3) is 0 Å². The van der Waals surface area contributed by atoms with Gasteiger partial charge in [0.05, 0.1) is 28.7 Å². The lowest BCUT2D eigenvalue weighted by Gasteiger charge is -2.37. The predicted octanol–water partition coefficient (Wildman–Crippen LogP) is 19.3. The SMILES string of the molecule is CC(C)=CCN(CC(C)(C)N)c1ccc(C)cc1.CC(C)=CCN(CC(C)(C)NC(=O)[C@H](CC(C)C)N(C)CC=C(C)C)c1ccc(C)cc1.CN[C@@H](CC(C)C)C(=O)NC(C)(C)CN(CC=C(C)C)c1ccc(C)cc1.[B]C(=O)N(C)[C@@H](CC(C)C)C(=O)NC(C)(C)CN(CC=C(C)C)c1ccc(C)cc1.[B]C(=O)N(C)[C@@H](CC(C)C)C(=O)O.[HH].[HH]. The summed E-state index contributed by atoms with van der Waals surface area (Å²) in [6.45, 7) is 69.6. The van der Waals surface area contributed by atoms with Crippen molar-refractivity contribution in [2.45, 2.75) is 280 Å². The van der Waals surface area contributed by atoms with Crippen molar-refractivity contribution >= 4 is 73.7 Å². The zero-order chi connectivity index (χ0) is 92.5. The van der Waals surface area contributed by atoms with Crippen molar-refractivity contribution in [2.75, 3.05) is 107 Å². The largest absolute Gasteiger partial charge is 0.480 e. The highest BCUT2D eigenvalue weighted by molar-refractivity contribution is 6.57. The molecule has 7 N–H and O–H groups in total. The zero-order valence-corrected chi connectivity index (χ0v) is 81.2. The van der Waals surface area contributed by atoms with Crippen LogP contribution in [0.4, 0.5) is 32.3 Å². The number of nitrogens with zero attached hydrogens (tertiary/aromatic N) is 7. The maximum absolute atomic E-state index is 13.4. The van der Waals surface area contributed by atoms with Crippen molar-refractivity contribution in [3.8, 4) is 0 Å². The van der Waals surface area contributed by atoms with Gasteiger partial charge in [-0.25, -0.2) is 4.79 Å². The van der Waals surface area contributed by atoms with Gasteiger partial charge >= 0.3 is 5.97 Å². The molecule has 4 radical (unpaired) electrons. The third-order valence-electron chi connectivity index (χ3n) is 19.5. The third kappa shape index (κ3) is 49.5. The third-order valence-corrected chi connectivity index (χ3v) is 19.5. The standard InChI is InChI=1S/C28H47N3O.C24H38BN3O2.C23H39N3O.C16H26N2.C8H14BNO3.2H2/c1-21(2)15-17-30(10)26(19-23(5)6)27(32)29-28(8,9)20-31(18-16-22(3)4)25-13-11-24(7)12-14-25;1-17(2)13-14-28(20-11-9-19(5)10-12-20)16-24(6,7)26-22(29)21(15-18(3)4)27(8)23(25)30;1-17(2)13-14-26(20-11-9-19(5)10-12-20)16-23(6,7)25-22(27)21(24-8)15-18(3)4;1-13(2)10-11-18(12-16(4,5)17)15-8-6-14(3)7-9-15;1-5(2)4-6(7(11)12)10(3)8(9)13;;/h11-16,23,26H,17-20H2,1-10H3,(H,29,32);9-13,18,21H,14-16H2,1-8H3,(H,26,29);9-13,18,21,24H,14-16H2,1-8H3,(H,25,27);6-10H,11-12,17H2,1-5H3;5-6H,4H2,1-3H3,(H,11,12);2*1H/t26-;2*21-;;6-;;/m000.0../s1. The second-order valence-electron chi connectivity index (χ2n) is 38.5. The van der Waals surface area contributed by atoms with E-state index in [-0.39, 0.29) is 61.1 Å². The van der Waals surface area contributed by atoms with E-state index in [1.165, 1.54) is 79.1 Å². The molecule has 5 amide bonds. The number of carboxylic acid groups (broad SMARTS) is 1. The van der Waals surface area contributed by atoms with Crippen molar-refractivity contribution < 1.29 is 36.7 Å². The number of nitrogens with two attached hydrogens (primary N) is 1. The van der Waals surface area contributed by atoms with Gasteiger partial charge < -0.3 is 61.5 Å². The van der Waals surface area contributed by atoms with Crippen LogP contribution in [0.5, 0.6) is 0 Å². The molecule has 0 bridgehead atoms. The van der Waals surface area contributed by atoms with Crippen LogP contribution < -0.4 is 46.6 Å².